The van der Waals surface area contributed by atoms with Crippen molar-refractivity contribution >= 4 is 21.6 Å². The normalized spacial score (nSPS) is 19.9. The Bertz CT molecular complexity index is 471. The number of halogens is 3. The van der Waals surface area contributed by atoms with Crippen LogP contribution < -0.4 is 4.90 Å². The van der Waals surface area contributed by atoms with E-state index in [0.717, 1.165) is 23.1 Å². The van der Waals surface area contributed by atoms with Crippen LogP contribution in [0.1, 0.15) is 18.4 Å². The summed E-state index contributed by atoms with van der Waals surface area (Å²) < 4.78 is 26.3. The molecule has 18 heavy (non-hydrogen) atoms. The van der Waals surface area contributed by atoms with Crippen molar-refractivity contribution in [1.29, 1.82) is 5.26 Å². The summed E-state index contributed by atoms with van der Waals surface area (Å²) in [7, 11) is 0. The molecule has 1 saturated heterocycles. The monoisotopic (exact) mass is 314 g/mol. The molecule has 0 spiro atoms. The number of nitrogens with zero attached hydrogens (tertiary/aromatic N) is 2. The molecule has 1 aliphatic rings. The van der Waals surface area contributed by atoms with E-state index in [9.17, 15) is 8.78 Å². The fourth-order valence-electron chi connectivity index (χ4n) is 2.31. The van der Waals surface area contributed by atoms with E-state index in [1.807, 2.05) is 17.0 Å². The van der Waals surface area contributed by atoms with Gasteiger partial charge in [0.1, 0.15) is 6.07 Å². The maximum Gasteiger partial charge on any atom is 0.243 e. The minimum Gasteiger partial charge on any atom is -0.370 e. The highest BCUT2D eigenvalue weighted by atomic mass is 79.9. The van der Waals surface area contributed by atoms with Crippen molar-refractivity contribution in [2.75, 3.05) is 18.0 Å². The van der Waals surface area contributed by atoms with Crippen LogP contribution >= 0.6 is 15.9 Å². The van der Waals surface area contributed by atoms with Crippen LogP contribution in [0.3, 0.4) is 0 Å². The highest BCUT2D eigenvalue weighted by Gasteiger charge is 2.28. The summed E-state index contributed by atoms with van der Waals surface area (Å²) in [6, 6.07) is 7.49. The van der Waals surface area contributed by atoms with Gasteiger partial charge in [0.15, 0.2) is 0 Å². The SMILES string of the molecule is N#Cc1cc(Br)ccc1N1CCCC(C(F)F)C1. The van der Waals surface area contributed by atoms with Crippen LogP contribution in [-0.4, -0.2) is 19.5 Å². The van der Waals surface area contributed by atoms with E-state index in [1.54, 1.807) is 6.07 Å². The minimum absolute atomic E-state index is 0.327. The van der Waals surface area contributed by atoms with E-state index in [-0.39, 0.29) is 0 Å². The molecule has 1 aromatic carbocycles. The number of benzene rings is 1. The Morgan fingerprint density at radius 2 is 2.22 bits per heavy atom. The van der Waals surface area contributed by atoms with Crippen molar-refractivity contribution in [1.82, 2.24) is 0 Å². The molecule has 2 nitrogen and oxygen atoms in total. The summed E-state index contributed by atoms with van der Waals surface area (Å²) in [6.07, 6.45) is -0.975. The molecular weight excluding hydrogens is 302 g/mol. The lowest BCUT2D eigenvalue weighted by Crippen LogP contribution is -2.38. The van der Waals surface area contributed by atoms with Crippen LogP contribution in [0.25, 0.3) is 0 Å². The molecule has 1 atom stereocenters. The quantitative estimate of drug-likeness (QED) is 0.830. The van der Waals surface area contributed by atoms with Crippen LogP contribution in [-0.2, 0) is 0 Å². The Morgan fingerprint density at radius 1 is 1.44 bits per heavy atom. The van der Waals surface area contributed by atoms with Gasteiger partial charge in [-0.15, -0.1) is 0 Å². The van der Waals surface area contributed by atoms with Crippen LogP contribution in [0.5, 0.6) is 0 Å². The van der Waals surface area contributed by atoms with E-state index in [0.29, 0.717) is 18.5 Å². The van der Waals surface area contributed by atoms with Gasteiger partial charge in [0.2, 0.25) is 6.43 Å². The average molecular weight is 315 g/mol. The molecule has 0 amide bonds. The second-order valence-corrected chi connectivity index (χ2v) is 5.37. The standard InChI is InChI=1S/C13H13BrF2N2/c14-11-3-4-12(10(6-11)7-17)18-5-1-2-9(8-18)13(15)16/h3-4,6,9,13H,1-2,5,8H2. The molecule has 1 fully saturated rings. The zero-order valence-electron chi connectivity index (χ0n) is 9.74. The third-order valence-corrected chi connectivity index (χ3v) is 3.73. The van der Waals surface area contributed by atoms with Gasteiger partial charge in [-0.3, -0.25) is 0 Å². The van der Waals surface area contributed by atoms with Gasteiger partial charge in [0.05, 0.1) is 11.3 Å². The molecule has 0 bridgehead atoms. The van der Waals surface area contributed by atoms with Crippen LogP contribution in [0.4, 0.5) is 14.5 Å². The second-order valence-electron chi connectivity index (χ2n) is 4.46. The first-order valence-electron chi connectivity index (χ1n) is 5.84. The van der Waals surface area contributed by atoms with Gasteiger partial charge >= 0.3 is 0 Å². The van der Waals surface area contributed by atoms with Crippen molar-refractivity contribution < 1.29 is 8.78 Å². The van der Waals surface area contributed by atoms with Gasteiger partial charge in [0.25, 0.3) is 0 Å². The average Bonchev–Trinajstić information content (AvgIpc) is 2.38. The lowest BCUT2D eigenvalue weighted by Gasteiger charge is -2.34. The predicted molar refractivity (Wildman–Crippen MR) is 69.8 cm³/mol. The number of nitriles is 1. The fourth-order valence-corrected chi connectivity index (χ4v) is 2.67. The molecule has 0 saturated carbocycles. The van der Waals surface area contributed by atoms with Gasteiger partial charge in [-0.25, -0.2) is 8.78 Å². The van der Waals surface area contributed by atoms with Gasteiger partial charge in [0, 0.05) is 23.5 Å². The van der Waals surface area contributed by atoms with Gasteiger partial charge < -0.3 is 4.90 Å². The first-order valence-corrected chi connectivity index (χ1v) is 6.64. The zero-order valence-corrected chi connectivity index (χ0v) is 11.3. The van der Waals surface area contributed by atoms with Gasteiger partial charge in [-0.05, 0) is 31.0 Å². The molecule has 1 unspecified atom stereocenters. The van der Waals surface area contributed by atoms with E-state index < -0.39 is 12.3 Å². The molecule has 0 aromatic heterocycles. The van der Waals surface area contributed by atoms with E-state index in [4.69, 9.17) is 5.26 Å². The first-order chi connectivity index (χ1) is 8.61. The zero-order chi connectivity index (χ0) is 13.1. The second kappa shape index (κ2) is 5.66. The summed E-state index contributed by atoms with van der Waals surface area (Å²) in [6.45, 7) is 1.06. The number of piperidine rings is 1. The van der Waals surface area contributed by atoms with Gasteiger partial charge in [-0.1, -0.05) is 15.9 Å². The molecule has 0 aliphatic carbocycles. The van der Waals surface area contributed by atoms with Crippen molar-refractivity contribution in [3.8, 4) is 6.07 Å². The topological polar surface area (TPSA) is 27.0 Å². The number of hydrogen-bond donors (Lipinski definition) is 0. The predicted octanol–water partition coefficient (Wildman–Crippen LogP) is 3.80. The Labute approximate surface area is 113 Å². The van der Waals surface area contributed by atoms with Gasteiger partial charge in [-0.2, -0.15) is 5.26 Å². The summed E-state index contributed by atoms with van der Waals surface area (Å²) in [5.41, 5.74) is 1.28. The van der Waals surface area contributed by atoms with Crippen LogP contribution in [0.15, 0.2) is 22.7 Å². The van der Waals surface area contributed by atoms with Crippen molar-refractivity contribution in [3.63, 3.8) is 0 Å². The number of alkyl halides is 2. The minimum atomic E-state index is -2.28. The molecule has 5 heteroatoms. The highest BCUT2D eigenvalue weighted by Crippen LogP contribution is 2.30. The number of rotatable bonds is 2. The molecular formula is C13H13BrF2N2. The summed E-state index contributed by atoms with van der Waals surface area (Å²) in [5, 5.41) is 9.10. The van der Waals surface area contributed by atoms with Crippen molar-refractivity contribution in [2.24, 2.45) is 5.92 Å². The number of hydrogen-bond acceptors (Lipinski definition) is 2. The Morgan fingerprint density at radius 3 is 2.89 bits per heavy atom. The first kappa shape index (κ1) is 13.3. The third kappa shape index (κ3) is 2.81. The van der Waals surface area contributed by atoms with E-state index >= 15 is 0 Å². The Kier molecular flexibility index (Phi) is 4.18. The molecule has 0 radical (unpaired) electrons. The van der Waals surface area contributed by atoms with Crippen molar-refractivity contribution in [3.05, 3.63) is 28.2 Å². The smallest absolute Gasteiger partial charge is 0.243 e. The Balaban J connectivity index is 2.23. The van der Waals surface area contributed by atoms with Crippen LogP contribution in [0, 0.1) is 17.2 Å². The number of anilines is 1. The molecule has 0 N–H and O–H groups in total. The summed E-state index contributed by atoms with van der Waals surface area (Å²) in [5.74, 6) is -0.589. The third-order valence-electron chi connectivity index (χ3n) is 3.23. The highest BCUT2D eigenvalue weighted by molar-refractivity contribution is 9.10. The maximum absolute atomic E-state index is 12.8. The summed E-state index contributed by atoms with van der Waals surface area (Å²) >= 11 is 3.31. The fraction of sp³-hybridized carbons (Fsp3) is 0.462. The van der Waals surface area contributed by atoms with Crippen molar-refractivity contribution in [2.45, 2.75) is 19.3 Å². The lowest BCUT2D eigenvalue weighted by atomic mass is 9.97. The maximum atomic E-state index is 12.8. The Hall–Kier alpha value is -1.15. The largest absolute Gasteiger partial charge is 0.370 e. The van der Waals surface area contributed by atoms with E-state index in [2.05, 4.69) is 22.0 Å². The van der Waals surface area contributed by atoms with Crippen LogP contribution in [0.2, 0.25) is 0 Å². The van der Waals surface area contributed by atoms with E-state index in [1.165, 1.54) is 0 Å². The molecule has 1 heterocycles. The summed E-state index contributed by atoms with van der Waals surface area (Å²) in [4.78, 5) is 1.89. The molecule has 2 rings (SSSR count). The molecule has 96 valence electrons. The lowest BCUT2D eigenvalue weighted by molar-refractivity contribution is 0.0687. The molecule has 1 aromatic rings. The molecule has 1 aliphatic heterocycles.